The first-order chi connectivity index (χ1) is 10.3. The van der Waals surface area contributed by atoms with Gasteiger partial charge >= 0.3 is 134 Å². The Hall–Kier alpha value is -1.35. The molecule has 0 saturated heterocycles. The van der Waals surface area contributed by atoms with Gasteiger partial charge in [0.2, 0.25) is 0 Å². The Morgan fingerprint density at radius 2 is 1.90 bits per heavy atom. The first kappa shape index (κ1) is 13.3. The van der Waals surface area contributed by atoms with Gasteiger partial charge in [0, 0.05) is 0 Å². The molecule has 1 aromatic heterocycles. The fourth-order valence-corrected chi connectivity index (χ4v) is 3.94. The summed E-state index contributed by atoms with van der Waals surface area (Å²) >= 11 is 6.01. The topological polar surface area (TPSA) is 37.8 Å². The molecule has 1 N–H and O–H groups in total. The predicted molar refractivity (Wildman–Crippen MR) is 87.0 cm³/mol. The SMILES string of the molecule is Clc1ccc(C(Nc2cccc3n[se]nc23)C2CC2)cc1. The fourth-order valence-electron chi connectivity index (χ4n) is 2.66. The number of fused-ring (bicyclic) bond motifs is 1. The van der Waals surface area contributed by atoms with Crippen molar-refractivity contribution >= 4 is 43.3 Å². The second kappa shape index (κ2) is 5.45. The zero-order chi connectivity index (χ0) is 14.2. The number of nitrogens with one attached hydrogen (secondary N) is 1. The molecule has 0 aliphatic heterocycles. The van der Waals surface area contributed by atoms with Crippen molar-refractivity contribution in [3.05, 3.63) is 53.1 Å². The van der Waals surface area contributed by atoms with Gasteiger partial charge in [0.15, 0.2) is 0 Å². The van der Waals surface area contributed by atoms with Crippen LogP contribution in [0.25, 0.3) is 11.0 Å². The number of halogens is 1. The number of benzene rings is 2. The number of rotatable bonds is 4. The third-order valence-corrected chi connectivity index (χ3v) is 5.31. The molecule has 0 bridgehead atoms. The Balaban J connectivity index is 1.69. The number of aromatic nitrogens is 2. The van der Waals surface area contributed by atoms with Crippen LogP contribution in [0.15, 0.2) is 42.5 Å². The van der Waals surface area contributed by atoms with E-state index in [9.17, 15) is 0 Å². The first-order valence-corrected chi connectivity index (χ1v) is 8.95. The molecule has 1 atom stereocenters. The molecule has 3 nitrogen and oxygen atoms in total. The van der Waals surface area contributed by atoms with Gasteiger partial charge in [-0.05, 0) is 0 Å². The normalized spacial score (nSPS) is 16.0. The van der Waals surface area contributed by atoms with Gasteiger partial charge in [-0.15, -0.1) is 0 Å². The van der Waals surface area contributed by atoms with E-state index in [1.54, 1.807) is 0 Å². The van der Waals surface area contributed by atoms with Crippen LogP contribution in [0.2, 0.25) is 5.02 Å². The van der Waals surface area contributed by atoms with E-state index in [2.05, 4.69) is 31.5 Å². The molecule has 0 radical (unpaired) electrons. The predicted octanol–water partition coefficient (Wildman–Crippen LogP) is 3.90. The van der Waals surface area contributed by atoms with Crippen LogP contribution in [0.1, 0.15) is 24.4 Å². The van der Waals surface area contributed by atoms with E-state index < -0.39 is 0 Å². The maximum absolute atomic E-state index is 6.00. The van der Waals surface area contributed by atoms with Crippen LogP contribution in [0.4, 0.5) is 5.69 Å². The molecule has 1 unspecified atom stereocenters. The Labute approximate surface area is 134 Å². The Morgan fingerprint density at radius 1 is 1.10 bits per heavy atom. The van der Waals surface area contributed by atoms with Crippen molar-refractivity contribution in [2.45, 2.75) is 18.9 Å². The third-order valence-electron chi connectivity index (χ3n) is 3.92. The second-order valence-corrected chi connectivity index (χ2v) is 6.99. The van der Waals surface area contributed by atoms with Crippen LogP contribution in [0.3, 0.4) is 0 Å². The average molecular weight is 363 g/mol. The van der Waals surface area contributed by atoms with Crippen molar-refractivity contribution in [2.24, 2.45) is 5.92 Å². The summed E-state index contributed by atoms with van der Waals surface area (Å²) in [6, 6.07) is 14.7. The number of hydrogen-bond acceptors (Lipinski definition) is 3. The summed E-state index contributed by atoms with van der Waals surface area (Å²) in [4.78, 5) is 0. The van der Waals surface area contributed by atoms with E-state index in [1.807, 2.05) is 24.3 Å². The van der Waals surface area contributed by atoms with E-state index in [1.165, 1.54) is 18.4 Å². The number of nitrogens with zero attached hydrogens (tertiary/aromatic N) is 2. The van der Waals surface area contributed by atoms with E-state index in [-0.39, 0.29) is 15.0 Å². The molecule has 0 spiro atoms. The van der Waals surface area contributed by atoms with Crippen molar-refractivity contribution in [3.8, 4) is 0 Å². The van der Waals surface area contributed by atoms with Crippen LogP contribution in [-0.2, 0) is 0 Å². The Morgan fingerprint density at radius 3 is 2.67 bits per heavy atom. The molecule has 2 aromatic carbocycles. The van der Waals surface area contributed by atoms with Crippen LogP contribution >= 0.6 is 11.6 Å². The second-order valence-electron chi connectivity index (χ2n) is 5.45. The molecular weight excluding hydrogens is 349 g/mol. The molecular formula is C16H14ClN3Se. The summed E-state index contributed by atoms with van der Waals surface area (Å²) in [5.74, 6) is 0.700. The molecule has 106 valence electrons. The number of anilines is 1. The van der Waals surface area contributed by atoms with Gasteiger partial charge in [-0.25, -0.2) is 0 Å². The van der Waals surface area contributed by atoms with Crippen LogP contribution in [-0.4, -0.2) is 22.9 Å². The maximum atomic E-state index is 6.00. The summed E-state index contributed by atoms with van der Waals surface area (Å²) in [7, 11) is 0. The fraction of sp³-hybridized carbons (Fsp3) is 0.250. The monoisotopic (exact) mass is 363 g/mol. The molecule has 1 aliphatic carbocycles. The van der Waals surface area contributed by atoms with Crippen molar-refractivity contribution in [3.63, 3.8) is 0 Å². The van der Waals surface area contributed by atoms with Gasteiger partial charge < -0.3 is 0 Å². The third kappa shape index (κ3) is 2.71. The van der Waals surface area contributed by atoms with Gasteiger partial charge in [0.25, 0.3) is 0 Å². The molecule has 4 rings (SSSR count). The summed E-state index contributed by atoms with van der Waals surface area (Å²) < 4.78 is 9.00. The number of hydrogen-bond donors (Lipinski definition) is 1. The van der Waals surface area contributed by atoms with Gasteiger partial charge in [-0.1, -0.05) is 0 Å². The van der Waals surface area contributed by atoms with Crippen LogP contribution < -0.4 is 5.32 Å². The first-order valence-electron chi connectivity index (χ1n) is 7.04. The van der Waals surface area contributed by atoms with Crippen LogP contribution in [0, 0.1) is 5.92 Å². The molecule has 1 fully saturated rings. The van der Waals surface area contributed by atoms with E-state index in [0.717, 1.165) is 21.7 Å². The van der Waals surface area contributed by atoms with Crippen LogP contribution in [0.5, 0.6) is 0 Å². The molecule has 21 heavy (non-hydrogen) atoms. The van der Waals surface area contributed by atoms with Gasteiger partial charge in [-0.2, -0.15) is 0 Å². The summed E-state index contributed by atoms with van der Waals surface area (Å²) in [6.07, 6.45) is 2.56. The van der Waals surface area contributed by atoms with E-state index >= 15 is 0 Å². The van der Waals surface area contributed by atoms with Crippen molar-refractivity contribution < 1.29 is 0 Å². The zero-order valence-corrected chi connectivity index (χ0v) is 13.8. The molecule has 1 aliphatic rings. The molecule has 1 heterocycles. The van der Waals surface area contributed by atoms with Gasteiger partial charge in [0.05, 0.1) is 0 Å². The van der Waals surface area contributed by atoms with E-state index in [0.29, 0.717) is 12.0 Å². The van der Waals surface area contributed by atoms with Crippen molar-refractivity contribution in [1.82, 2.24) is 7.96 Å². The molecule has 0 amide bonds. The Bertz CT molecular complexity index is 765. The van der Waals surface area contributed by atoms with Gasteiger partial charge in [-0.3, -0.25) is 0 Å². The molecule has 1 saturated carbocycles. The Kier molecular flexibility index (Phi) is 3.46. The molecule has 5 heteroatoms. The van der Waals surface area contributed by atoms with E-state index in [4.69, 9.17) is 11.6 Å². The van der Waals surface area contributed by atoms with Crippen molar-refractivity contribution in [2.75, 3.05) is 5.32 Å². The standard InChI is InChI=1S/C16H14ClN3Se/c17-12-8-6-11(7-9-12)15(10-4-5-10)18-13-2-1-3-14-16(13)20-21-19-14/h1-3,6-10,15,18H,4-5H2. The summed E-state index contributed by atoms with van der Waals surface area (Å²) in [5.41, 5.74) is 4.44. The summed E-state index contributed by atoms with van der Waals surface area (Å²) in [6.45, 7) is 0. The quantitative estimate of drug-likeness (QED) is 0.715. The molecule has 3 aromatic rings. The van der Waals surface area contributed by atoms with Crippen molar-refractivity contribution in [1.29, 1.82) is 0 Å². The summed E-state index contributed by atoms with van der Waals surface area (Å²) in [5, 5.41) is 4.47. The zero-order valence-electron chi connectivity index (χ0n) is 11.3. The average Bonchev–Trinajstić information content (AvgIpc) is 3.22. The van der Waals surface area contributed by atoms with Gasteiger partial charge in [0.1, 0.15) is 0 Å². The minimum atomic E-state index is 0.00939. The minimum absolute atomic E-state index is 0.00939.